The number of carbonyl (C=O) groups excluding carboxylic acids is 1. The maximum Gasteiger partial charge on any atom is 0.243 e. The highest BCUT2D eigenvalue weighted by Crippen LogP contribution is 2.30. The number of hydrogen-bond donors (Lipinski definition) is 1. The zero-order valence-corrected chi connectivity index (χ0v) is 18.1. The van der Waals surface area contributed by atoms with E-state index >= 15 is 0 Å². The Morgan fingerprint density at radius 1 is 1.24 bits per heavy atom. The van der Waals surface area contributed by atoms with E-state index in [0.29, 0.717) is 31.7 Å². The lowest BCUT2D eigenvalue weighted by Gasteiger charge is -2.31. The molecule has 1 N–H and O–H groups in total. The maximum atomic E-state index is 13.0. The maximum absolute atomic E-state index is 13.0. The molecule has 0 saturated carbocycles. The van der Waals surface area contributed by atoms with Crippen molar-refractivity contribution in [3.05, 3.63) is 58.6 Å². The molecule has 1 amide bonds. The number of aryl methyl sites for hydroxylation is 1. The number of benzene rings is 2. The number of nitrogens with one attached hydrogen (secondary N) is 1. The summed E-state index contributed by atoms with van der Waals surface area (Å²) in [6.45, 7) is 2.98. The fraction of sp³-hybridized carbons (Fsp3) is 0.381. The van der Waals surface area contributed by atoms with E-state index in [4.69, 9.17) is 16.3 Å². The van der Waals surface area contributed by atoms with Crippen LogP contribution in [0.5, 0.6) is 5.75 Å². The number of piperidine rings is 1. The van der Waals surface area contributed by atoms with Crippen molar-refractivity contribution in [2.75, 3.05) is 20.2 Å². The molecule has 2 aromatic rings. The van der Waals surface area contributed by atoms with Gasteiger partial charge in [-0.15, -0.1) is 0 Å². The van der Waals surface area contributed by atoms with E-state index in [9.17, 15) is 13.2 Å². The third kappa shape index (κ3) is 5.10. The molecular formula is C21H25ClN2O4S. The van der Waals surface area contributed by atoms with Crippen molar-refractivity contribution in [3.8, 4) is 5.75 Å². The van der Waals surface area contributed by atoms with Crippen LogP contribution in [0.3, 0.4) is 0 Å². The molecule has 1 aliphatic heterocycles. The lowest BCUT2D eigenvalue weighted by Crippen LogP contribution is -2.45. The van der Waals surface area contributed by atoms with Gasteiger partial charge in [0.2, 0.25) is 15.9 Å². The summed E-state index contributed by atoms with van der Waals surface area (Å²) in [4.78, 5) is 12.7. The molecule has 1 fully saturated rings. The van der Waals surface area contributed by atoms with Crippen LogP contribution in [-0.2, 0) is 21.4 Å². The number of methoxy groups -OCH3 is 1. The van der Waals surface area contributed by atoms with Gasteiger partial charge in [0.1, 0.15) is 5.75 Å². The second-order valence-corrected chi connectivity index (χ2v) is 9.55. The normalized spacial score (nSPS) is 17.7. The standard InChI is InChI=1S/C21H25ClN2O4S/c1-15-5-7-16(8-6-15)13-23-21(25)17-4-3-11-24(14-17)29(26,27)18-9-10-20(28-2)19(22)12-18/h5-10,12,17H,3-4,11,13-14H2,1-2H3,(H,23,25)/t17-/m0/s1. The number of rotatable bonds is 6. The van der Waals surface area contributed by atoms with Crippen LogP contribution in [0, 0.1) is 12.8 Å². The van der Waals surface area contributed by atoms with Crippen LogP contribution in [0.4, 0.5) is 0 Å². The summed E-state index contributed by atoms with van der Waals surface area (Å²) in [6.07, 6.45) is 1.29. The Labute approximate surface area is 176 Å². The zero-order chi connectivity index (χ0) is 21.0. The second kappa shape index (κ2) is 9.15. The SMILES string of the molecule is COc1ccc(S(=O)(=O)N2CCC[C@H](C(=O)NCc3ccc(C)cc3)C2)cc1Cl. The van der Waals surface area contributed by atoms with Gasteiger partial charge in [0.15, 0.2) is 0 Å². The van der Waals surface area contributed by atoms with Crippen molar-refractivity contribution in [3.63, 3.8) is 0 Å². The van der Waals surface area contributed by atoms with Crippen molar-refractivity contribution < 1.29 is 17.9 Å². The predicted octanol–water partition coefficient (Wildman–Crippen LogP) is 3.37. The molecular weight excluding hydrogens is 412 g/mol. The van der Waals surface area contributed by atoms with Crippen LogP contribution in [0.15, 0.2) is 47.4 Å². The summed E-state index contributed by atoms with van der Waals surface area (Å²) >= 11 is 6.09. The van der Waals surface area contributed by atoms with Gasteiger partial charge in [-0.3, -0.25) is 4.79 Å². The fourth-order valence-corrected chi connectivity index (χ4v) is 5.24. The minimum Gasteiger partial charge on any atom is -0.495 e. The van der Waals surface area contributed by atoms with E-state index in [2.05, 4.69) is 5.32 Å². The molecule has 1 heterocycles. The molecule has 0 aromatic heterocycles. The fourth-order valence-electron chi connectivity index (χ4n) is 3.37. The molecule has 0 bridgehead atoms. The highest BCUT2D eigenvalue weighted by atomic mass is 35.5. The number of ether oxygens (including phenoxy) is 1. The number of halogens is 1. The van der Waals surface area contributed by atoms with Gasteiger partial charge in [0.25, 0.3) is 0 Å². The molecule has 0 unspecified atom stereocenters. The minimum atomic E-state index is -3.73. The Balaban J connectivity index is 1.66. The molecule has 1 saturated heterocycles. The molecule has 0 spiro atoms. The van der Waals surface area contributed by atoms with Gasteiger partial charge in [-0.2, -0.15) is 4.31 Å². The Bertz CT molecular complexity index is 977. The lowest BCUT2D eigenvalue weighted by atomic mass is 9.98. The Morgan fingerprint density at radius 2 is 1.97 bits per heavy atom. The van der Waals surface area contributed by atoms with Gasteiger partial charge < -0.3 is 10.1 Å². The van der Waals surface area contributed by atoms with E-state index in [1.807, 2.05) is 31.2 Å². The Kier molecular flexibility index (Phi) is 6.82. The van der Waals surface area contributed by atoms with Gasteiger partial charge in [-0.25, -0.2) is 8.42 Å². The number of carbonyl (C=O) groups is 1. The Hall–Kier alpha value is -2.09. The van der Waals surface area contributed by atoms with Gasteiger partial charge in [0.05, 0.1) is 22.9 Å². The molecule has 156 valence electrons. The lowest BCUT2D eigenvalue weighted by molar-refractivity contribution is -0.126. The van der Waals surface area contributed by atoms with E-state index in [-0.39, 0.29) is 28.3 Å². The average Bonchev–Trinajstić information content (AvgIpc) is 2.73. The third-order valence-electron chi connectivity index (χ3n) is 5.10. The summed E-state index contributed by atoms with van der Waals surface area (Å²) in [5.74, 6) is -0.0893. The van der Waals surface area contributed by atoms with Crippen LogP contribution in [0.1, 0.15) is 24.0 Å². The quantitative estimate of drug-likeness (QED) is 0.753. The number of hydrogen-bond acceptors (Lipinski definition) is 4. The summed E-state index contributed by atoms with van der Waals surface area (Å²) in [5, 5.41) is 3.16. The van der Waals surface area contributed by atoms with Crippen molar-refractivity contribution >= 4 is 27.5 Å². The summed E-state index contributed by atoms with van der Waals surface area (Å²) in [6, 6.07) is 12.3. The van der Waals surface area contributed by atoms with Gasteiger partial charge in [0, 0.05) is 19.6 Å². The van der Waals surface area contributed by atoms with Gasteiger partial charge >= 0.3 is 0 Å². The van der Waals surface area contributed by atoms with Crippen molar-refractivity contribution in [2.24, 2.45) is 5.92 Å². The molecule has 1 atom stereocenters. The summed E-state index contributed by atoms with van der Waals surface area (Å²) in [7, 11) is -2.26. The largest absolute Gasteiger partial charge is 0.495 e. The highest BCUT2D eigenvalue weighted by Gasteiger charge is 2.33. The van der Waals surface area contributed by atoms with Crippen molar-refractivity contribution in [1.29, 1.82) is 0 Å². The van der Waals surface area contributed by atoms with Crippen LogP contribution >= 0.6 is 11.6 Å². The van der Waals surface area contributed by atoms with E-state index in [1.165, 1.54) is 29.6 Å². The molecule has 29 heavy (non-hydrogen) atoms. The first-order chi connectivity index (χ1) is 13.8. The van der Waals surface area contributed by atoms with Crippen molar-refractivity contribution in [1.82, 2.24) is 9.62 Å². The van der Waals surface area contributed by atoms with Gasteiger partial charge in [-0.05, 0) is 43.5 Å². The van der Waals surface area contributed by atoms with Crippen molar-refractivity contribution in [2.45, 2.75) is 31.2 Å². The highest BCUT2D eigenvalue weighted by molar-refractivity contribution is 7.89. The zero-order valence-electron chi connectivity index (χ0n) is 16.5. The van der Waals surface area contributed by atoms with Crippen LogP contribution in [-0.4, -0.2) is 38.8 Å². The molecule has 3 rings (SSSR count). The monoisotopic (exact) mass is 436 g/mol. The molecule has 0 radical (unpaired) electrons. The Morgan fingerprint density at radius 3 is 2.62 bits per heavy atom. The molecule has 2 aromatic carbocycles. The molecule has 6 nitrogen and oxygen atoms in total. The summed E-state index contributed by atoms with van der Waals surface area (Å²) < 4.78 is 32.5. The number of nitrogens with zero attached hydrogens (tertiary/aromatic N) is 1. The third-order valence-corrected chi connectivity index (χ3v) is 7.26. The van der Waals surface area contributed by atoms with E-state index < -0.39 is 10.0 Å². The number of amides is 1. The first kappa shape index (κ1) is 21.6. The molecule has 8 heteroatoms. The first-order valence-electron chi connectivity index (χ1n) is 9.48. The second-order valence-electron chi connectivity index (χ2n) is 7.20. The van der Waals surface area contributed by atoms with Crippen LogP contribution in [0.2, 0.25) is 5.02 Å². The predicted molar refractivity (Wildman–Crippen MR) is 113 cm³/mol. The van der Waals surface area contributed by atoms with E-state index in [0.717, 1.165) is 11.1 Å². The number of sulfonamides is 1. The van der Waals surface area contributed by atoms with E-state index in [1.54, 1.807) is 0 Å². The topological polar surface area (TPSA) is 75.7 Å². The minimum absolute atomic E-state index is 0.101. The van der Waals surface area contributed by atoms with Crippen LogP contribution < -0.4 is 10.1 Å². The smallest absolute Gasteiger partial charge is 0.243 e. The average molecular weight is 437 g/mol. The van der Waals surface area contributed by atoms with Gasteiger partial charge in [-0.1, -0.05) is 41.4 Å². The molecule has 1 aliphatic rings. The van der Waals surface area contributed by atoms with Crippen LogP contribution in [0.25, 0.3) is 0 Å². The first-order valence-corrected chi connectivity index (χ1v) is 11.3. The molecule has 0 aliphatic carbocycles. The summed E-state index contributed by atoms with van der Waals surface area (Å²) in [5.41, 5.74) is 2.17.